The fourth-order valence-electron chi connectivity index (χ4n) is 2.74. The Morgan fingerprint density at radius 2 is 1.81 bits per heavy atom. The summed E-state index contributed by atoms with van der Waals surface area (Å²) in [4.78, 5) is 22.9. The van der Waals surface area contributed by atoms with Gasteiger partial charge >= 0.3 is 6.18 Å². The second kappa shape index (κ2) is 7.10. The number of carbonyl (C=O) groups is 1. The Balaban J connectivity index is 2.82. The van der Waals surface area contributed by atoms with E-state index in [1.54, 1.807) is 45.9 Å². The molecule has 0 aromatic heterocycles. The molecule has 2 aliphatic rings. The predicted molar refractivity (Wildman–Crippen MR) is 102 cm³/mol. The number of ketones is 1. The van der Waals surface area contributed by atoms with E-state index in [0.717, 1.165) is 11.1 Å². The molecule has 142 valence electrons. The average molecular weight is 375 g/mol. The van der Waals surface area contributed by atoms with Gasteiger partial charge in [-0.1, -0.05) is 41.6 Å². The summed E-state index contributed by atoms with van der Waals surface area (Å²) in [5.74, 6) is -1.90. The maximum absolute atomic E-state index is 13.1. The van der Waals surface area contributed by atoms with Crippen LogP contribution in [0.3, 0.4) is 0 Å². The van der Waals surface area contributed by atoms with E-state index in [1.807, 2.05) is 0 Å². The largest absolute Gasteiger partial charge is 0.454 e. The van der Waals surface area contributed by atoms with Crippen LogP contribution in [0.25, 0.3) is 22.8 Å². The summed E-state index contributed by atoms with van der Waals surface area (Å²) in [6, 6.07) is 6.35. The molecule has 0 saturated heterocycles. The third kappa shape index (κ3) is 4.32. The van der Waals surface area contributed by atoms with E-state index in [1.165, 1.54) is 18.2 Å². The Hall–Kier alpha value is -2.76. The zero-order valence-corrected chi connectivity index (χ0v) is 15.6. The number of rotatable bonds is 5. The highest BCUT2D eigenvalue weighted by molar-refractivity contribution is 6.09. The minimum Gasteiger partial charge on any atom is -0.284 e. The third-order valence-corrected chi connectivity index (χ3v) is 4.26. The van der Waals surface area contributed by atoms with E-state index in [2.05, 4.69) is 11.8 Å². The normalized spacial score (nSPS) is 12.6. The number of Topliss-reactive ketones (excluding diaryl/α,β-unsaturated/α-hetero) is 1. The second-order valence-electron chi connectivity index (χ2n) is 7.10. The van der Waals surface area contributed by atoms with Crippen molar-refractivity contribution in [2.75, 3.05) is 0 Å². The first-order chi connectivity index (χ1) is 12.4. The van der Waals surface area contributed by atoms with Crippen LogP contribution >= 0.6 is 0 Å². The zero-order chi connectivity index (χ0) is 20.6. The summed E-state index contributed by atoms with van der Waals surface area (Å²) in [6.45, 7) is 10.5. The Morgan fingerprint density at radius 3 is 2.33 bits per heavy atom. The van der Waals surface area contributed by atoms with Gasteiger partial charge in [-0.05, 0) is 67.6 Å². The molecule has 0 spiro atoms. The molecular weight excluding hydrogens is 355 g/mol. The Bertz CT molecular complexity index is 924. The van der Waals surface area contributed by atoms with E-state index in [0.29, 0.717) is 16.7 Å². The minimum atomic E-state index is -4.98. The highest BCUT2D eigenvalue weighted by Crippen LogP contribution is 2.39. The molecule has 0 aromatic carbocycles. The zero-order valence-electron chi connectivity index (χ0n) is 15.6. The summed E-state index contributed by atoms with van der Waals surface area (Å²) in [5, 5.41) is 2.97. The number of nitrogens with zero attached hydrogens (tertiary/aromatic N) is 1. The number of hydrogen-bond donors (Lipinski definition) is 0. The van der Waals surface area contributed by atoms with Crippen molar-refractivity contribution in [3.8, 4) is 11.1 Å². The molecule has 0 radical (unpaired) electrons. The number of nitroso groups, excluding NO2 is 1. The number of allylic oxidation sites excluding steroid dienone is 1. The van der Waals surface area contributed by atoms with Gasteiger partial charge in [-0.3, -0.25) is 4.79 Å². The van der Waals surface area contributed by atoms with Crippen LogP contribution in [0.1, 0.15) is 47.8 Å². The van der Waals surface area contributed by atoms with Gasteiger partial charge in [0.1, 0.15) is 5.54 Å². The average Bonchev–Trinajstić information content (AvgIpc) is 2.83. The van der Waals surface area contributed by atoms with Gasteiger partial charge in [0.2, 0.25) is 0 Å². The van der Waals surface area contributed by atoms with Gasteiger partial charge < -0.3 is 0 Å². The summed E-state index contributed by atoms with van der Waals surface area (Å²) >= 11 is 0. The number of alkyl halides is 3. The molecule has 6 heteroatoms. The molecule has 27 heavy (non-hydrogen) atoms. The van der Waals surface area contributed by atoms with Gasteiger partial charge in [-0.25, -0.2) is 0 Å². The van der Waals surface area contributed by atoms with E-state index in [4.69, 9.17) is 0 Å². The monoisotopic (exact) mass is 375 g/mol. The van der Waals surface area contributed by atoms with Crippen molar-refractivity contribution >= 4 is 17.4 Å². The minimum absolute atomic E-state index is 0.237. The molecule has 0 unspecified atom stereocenters. The van der Waals surface area contributed by atoms with Gasteiger partial charge in [0.25, 0.3) is 5.78 Å². The lowest BCUT2D eigenvalue weighted by Gasteiger charge is -2.08. The molecule has 0 aromatic rings. The number of hydrogen-bond acceptors (Lipinski definition) is 3. The first kappa shape index (κ1) is 20.6. The van der Waals surface area contributed by atoms with Crippen LogP contribution in [0.5, 0.6) is 0 Å². The van der Waals surface area contributed by atoms with Gasteiger partial charge in [-0.15, -0.1) is 4.91 Å². The highest BCUT2D eigenvalue weighted by atomic mass is 19.4. The molecule has 0 fully saturated rings. The summed E-state index contributed by atoms with van der Waals surface area (Å²) < 4.78 is 39.3. The molecule has 0 heterocycles. The molecular formula is C21H20F3NO2. The SMILES string of the molecule is C=C(C)c1ccc(C)c2c(C(=O)C(F)(F)F)cc(C=CC(C)(C)N=O)c-2c1. The molecule has 0 amide bonds. The van der Waals surface area contributed by atoms with Crippen LogP contribution in [0, 0.1) is 11.8 Å². The quantitative estimate of drug-likeness (QED) is 0.446. The van der Waals surface area contributed by atoms with Crippen molar-refractivity contribution < 1.29 is 18.0 Å². The van der Waals surface area contributed by atoms with Crippen LogP contribution in [0.4, 0.5) is 13.2 Å². The van der Waals surface area contributed by atoms with Crippen LogP contribution in [-0.2, 0) is 0 Å². The van der Waals surface area contributed by atoms with E-state index in [-0.39, 0.29) is 5.56 Å². The number of carbonyl (C=O) groups excluding carboxylic acids is 1. The maximum atomic E-state index is 13.1. The number of halogens is 3. The lowest BCUT2D eigenvalue weighted by Crippen LogP contribution is -2.22. The molecule has 0 aliphatic heterocycles. The van der Waals surface area contributed by atoms with E-state index < -0.39 is 23.1 Å². The summed E-state index contributed by atoms with van der Waals surface area (Å²) in [6.07, 6.45) is -1.96. The fraction of sp³-hybridized carbons (Fsp3) is 0.286. The number of fused-ring (bicyclic) bond motifs is 1. The molecule has 0 saturated carbocycles. The standard InChI is InChI=1S/C21H20F3NO2/c1-12(2)14-7-6-13(3)18-16(10-14)15(8-9-20(4,5)25-27)11-17(18)19(26)21(22,23)24/h6-11H,1H2,2-5H3. The molecule has 2 rings (SSSR count). The molecule has 3 nitrogen and oxygen atoms in total. The van der Waals surface area contributed by atoms with Gasteiger partial charge in [0.05, 0.1) is 0 Å². The Kier molecular flexibility index (Phi) is 5.40. The molecule has 0 atom stereocenters. The lowest BCUT2D eigenvalue weighted by molar-refractivity contribution is -0.0884. The van der Waals surface area contributed by atoms with Crippen molar-refractivity contribution in [2.45, 2.75) is 39.4 Å². The van der Waals surface area contributed by atoms with Crippen molar-refractivity contribution in [2.24, 2.45) is 5.18 Å². The van der Waals surface area contributed by atoms with Gasteiger partial charge in [0, 0.05) is 5.56 Å². The van der Waals surface area contributed by atoms with Crippen LogP contribution in [0.15, 0.2) is 42.1 Å². The molecule has 0 bridgehead atoms. The van der Waals surface area contributed by atoms with E-state index in [9.17, 15) is 22.9 Å². The van der Waals surface area contributed by atoms with Crippen molar-refractivity contribution in [1.29, 1.82) is 0 Å². The van der Waals surface area contributed by atoms with Crippen molar-refractivity contribution in [3.63, 3.8) is 0 Å². The first-order valence-corrected chi connectivity index (χ1v) is 8.26. The van der Waals surface area contributed by atoms with Crippen LogP contribution in [0.2, 0.25) is 0 Å². The first-order valence-electron chi connectivity index (χ1n) is 8.26. The lowest BCUT2D eigenvalue weighted by atomic mass is 9.99. The van der Waals surface area contributed by atoms with E-state index >= 15 is 0 Å². The smallest absolute Gasteiger partial charge is 0.284 e. The second-order valence-corrected chi connectivity index (χ2v) is 7.10. The van der Waals surface area contributed by atoms with Crippen LogP contribution in [-0.4, -0.2) is 17.5 Å². The van der Waals surface area contributed by atoms with Crippen LogP contribution < -0.4 is 0 Å². The molecule has 2 aliphatic carbocycles. The van der Waals surface area contributed by atoms with Crippen molar-refractivity contribution in [1.82, 2.24) is 0 Å². The van der Waals surface area contributed by atoms with Gasteiger partial charge in [-0.2, -0.15) is 13.2 Å². The topological polar surface area (TPSA) is 46.5 Å². The molecule has 0 N–H and O–H groups in total. The van der Waals surface area contributed by atoms with Gasteiger partial charge in [0.15, 0.2) is 0 Å². The van der Waals surface area contributed by atoms with Crippen molar-refractivity contribution in [3.05, 3.63) is 64.1 Å². The third-order valence-electron chi connectivity index (χ3n) is 4.26. The predicted octanol–water partition coefficient (Wildman–Crippen LogP) is 6.44. The highest BCUT2D eigenvalue weighted by Gasteiger charge is 2.41. The Labute approximate surface area is 155 Å². The fourth-order valence-corrected chi connectivity index (χ4v) is 2.74. The summed E-state index contributed by atoms with van der Waals surface area (Å²) in [5.41, 5.74) is 1.72. The number of aryl methyl sites for hydroxylation is 1. The Morgan fingerprint density at radius 1 is 1.19 bits per heavy atom. The summed E-state index contributed by atoms with van der Waals surface area (Å²) in [7, 11) is 0. The maximum Gasteiger partial charge on any atom is 0.454 e.